The van der Waals surface area contributed by atoms with Gasteiger partial charge in [-0.1, -0.05) is 12.1 Å². The molecule has 102 valence electrons. The van der Waals surface area contributed by atoms with E-state index in [0.717, 1.165) is 35.7 Å². The molecule has 0 aliphatic rings. The predicted molar refractivity (Wildman–Crippen MR) is 79.0 cm³/mol. The van der Waals surface area contributed by atoms with Gasteiger partial charge in [-0.3, -0.25) is 4.68 Å². The molecule has 0 aliphatic carbocycles. The third-order valence-corrected chi connectivity index (χ3v) is 3.35. The SMILES string of the molecule is Cc1nccn1CCn1cc(-c2cccc(N)c2)cn1. The Bertz CT molecular complexity index is 710. The molecular weight excluding hydrogens is 250 g/mol. The number of rotatable bonds is 4. The molecule has 0 radical (unpaired) electrons. The van der Waals surface area contributed by atoms with Gasteiger partial charge in [0.15, 0.2) is 0 Å². The second-order valence-electron chi connectivity index (χ2n) is 4.79. The number of nitrogens with zero attached hydrogens (tertiary/aromatic N) is 4. The van der Waals surface area contributed by atoms with Crippen LogP contribution in [0.3, 0.4) is 0 Å². The number of aromatic nitrogens is 4. The van der Waals surface area contributed by atoms with Crippen LogP contribution in [0.1, 0.15) is 5.82 Å². The van der Waals surface area contributed by atoms with E-state index in [9.17, 15) is 0 Å². The summed E-state index contributed by atoms with van der Waals surface area (Å²) < 4.78 is 4.06. The van der Waals surface area contributed by atoms with E-state index in [0.29, 0.717) is 0 Å². The number of aryl methyl sites for hydroxylation is 3. The van der Waals surface area contributed by atoms with Crippen LogP contribution >= 0.6 is 0 Å². The van der Waals surface area contributed by atoms with Crippen LogP contribution < -0.4 is 5.73 Å². The lowest BCUT2D eigenvalue weighted by atomic mass is 10.1. The van der Waals surface area contributed by atoms with Gasteiger partial charge in [-0.05, 0) is 24.6 Å². The summed E-state index contributed by atoms with van der Waals surface area (Å²) in [4.78, 5) is 4.21. The van der Waals surface area contributed by atoms with Crippen molar-refractivity contribution < 1.29 is 0 Å². The van der Waals surface area contributed by atoms with Crippen LogP contribution in [0.2, 0.25) is 0 Å². The molecule has 2 heterocycles. The molecule has 1 aromatic carbocycles. The molecule has 2 N–H and O–H groups in total. The first-order valence-corrected chi connectivity index (χ1v) is 6.58. The summed E-state index contributed by atoms with van der Waals surface area (Å²) in [6.07, 6.45) is 7.71. The van der Waals surface area contributed by atoms with Crippen molar-refractivity contribution in [3.63, 3.8) is 0 Å². The van der Waals surface area contributed by atoms with Crippen molar-refractivity contribution >= 4 is 5.69 Å². The molecule has 0 unspecified atom stereocenters. The van der Waals surface area contributed by atoms with Crippen molar-refractivity contribution in [2.45, 2.75) is 20.0 Å². The van der Waals surface area contributed by atoms with Crippen LogP contribution in [0.15, 0.2) is 49.1 Å². The van der Waals surface area contributed by atoms with Crippen molar-refractivity contribution in [1.82, 2.24) is 19.3 Å². The number of imidazole rings is 1. The second-order valence-corrected chi connectivity index (χ2v) is 4.79. The summed E-state index contributed by atoms with van der Waals surface area (Å²) in [5.74, 6) is 1.02. The third kappa shape index (κ3) is 2.56. The summed E-state index contributed by atoms with van der Waals surface area (Å²) in [6, 6.07) is 7.84. The van der Waals surface area contributed by atoms with Gasteiger partial charge < -0.3 is 10.3 Å². The molecule has 20 heavy (non-hydrogen) atoms. The molecule has 0 saturated heterocycles. The second kappa shape index (κ2) is 5.21. The molecule has 0 atom stereocenters. The van der Waals surface area contributed by atoms with Crippen LogP contribution in [-0.4, -0.2) is 19.3 Å². The molecule has 5 nitrogen and oxygen atoms in total. The fourth-order valence-corrected chi connectivity index (χ4v) is 2.20. The van der Waals surface area contributed by atoms with E-state index >= 15 is 0 Å². The van der Waals surface area contributed by atoms with E-state index in [1.807, 2.05) is 60.7 Å². The molecule has 3 aromatic rings. The van der Waals surface area contributed by atoms with Crippen LogP contribution in [0.4, 0.5) is 5.69 Å². The largest absolute Gasteiger partial charge is 0.399 e. The maximum absolute atomic E-state index is 5.80. The molecule has 0 bridgehead atoms. The fourth-order valence-electron chi connectivity index (χ4n) is 2.20. The predicted octanol–water partition coefficient (Wildman–Crippen LogP) is 2.34. The third-order valence-electron chi connectivity index (χ3n) is 3.35. The van der Waals surface area contributed by atoms with E-state index in [1.54, 1.807) is 0 Å². The first-order valence-electron chi connectivity index (χ1n) is 6.58. The standard InChI is InChI=1S/C15H17N5/c1-12-17-5-6-19(12)7-8-20-11-14(10-18-20)13-3-2-4-15(16)9-13/h2-6,9-11H,7-8,16H2,1H3. The van der Waals surface area contributed by atoms with Gasteiger partial charge in [0.1, 0.15) is 5.82 Å². The molecule has 3 rings (SSSR count). The van der Waals surface area contributed by atoms with Crippen molar-refractivity contribution in [2.24, 2.45) is 0 Å². The zero-order chi connectivity index (χ0) is 13.9. The van der Waals surface area contributed by atoms with Gasteiger partial charge in [-0.2, -0.15) is 5.10 Å². The van der Waals surface area contributed by atoms with Crippen LogP contribution in [0.5, 0.6) is 0 Å². The Morgan fingerprint density at radius 2 is 2.10 bits per heavy atom. The molecule has 0 amide bonds. The first kappa shape index (κ1) is 12.5. The summed E-state index contributed by atoms with van der Waals surface area (Å²) in [5, 5.41) is 4.39. The van der Waals surface area contributed by atoms with Gasteiger partial charge in [0, 0.05) is 36.4 Å². The molecule has 2 aromatic heterocycles. The summed E-state index contributed by atoms with van der Waals surface area (Å²) >= 11 is 0. The minimum Gasteiger partial charge on any atom is -0.399 e. The quantitative estimate of drug-likeness (QED) is 0.738. The van der Waals surface area contributed by atoms with Crippen LogP contribution in [0, 0.1) is 6.92 Å². The highest BCUT2D eigenvalue weighted by atomic mass is 15.3. The van der Waals surface area contributed by atoms with Crippen LogP contribution in [0.25, 0.3) is 11.1 Å². The van der Waals surface area contributed by atoms with Crippen LogP contribution in [-0.2, 0) is 13.1 Å². The minimum atomic E-state index is 0.768. The maximum atomic E-state index is 5.80. The molecular formula is C15H17N5. The Hall–Kier alpha value is -2.56. The van der Waals surface area contributed by atoms with E-state index in [-0.39, 0.29) is 0 Å². The minimum absolute atomic E-state index is 0.768. The van der Waals surface area contributed by atoms with Gasteiger partial charge in [0.25, 0.3) is 0 Å². The average molecular weight is 267 g/mol. The first-order chi connectivity index (χ1) is 9.72. The molecule has 0 spiro atoms. The maximum Gasteiger partial charge on any atom is 0.105 e. The summed E-state index contributed by atoms with van der Waals surface area (Å²) in [6.45, 7) is 3.69. The summed E-state index contributed by atoms with van der Waals surface area (Å²) in [7, 11) is 0. The van der Waals surface area contributed by atoms with Crippen molar-refractivity contribution in [3.8, 4) is 11.1 Å². The Balaban J connectivity index is 1.72. The Labute approximate surface area is 117 Å². The zero-order valence-electron chi connectivity index (χ0n) is 11.4. The number of anilines is 1. The molecule has 5 heteroatoms. The van der Waals surface area contributed by atoms with Gasteiger partial charge in [0.2, 0.25) is 0 Å². The number of benzene rings is 1. The monoisotopic (exact) mass is 267 g/mol. The Morgan fingerprint density at radius 3 is 2.85 bits per heavy atom. The van der Waals surface area contributed by atoms with Gasteiger partial charge in [0.05, 0.1) is 12.7 Å². The Kier molecular flexibility index (Phi) is 3.25. The smallest absolute Gasteiger partial charge is 0.105 e. The molecule has 0 fully saturated rings. The van der Waals surface area contributed by atoms with Gasteiger partial charge in [-0.25, -0.2) is 4.98 Å². The highest BCUT2D eigenvalue weighted by Crippen LogP contribution is 2.20. The van der Waals surface area contributed by atoms with E-state index in [1.165, 1.54) is 0 Å². The Morgan fingerprint density at radius 1 is 1.20 bits per heavy atom. The topological polar surface area (TPSA) is 61.7 Å². The van der Waals surface area contributed by atoms with E-state index in [2.05, 4.69) is 14.6 Å². The van der Waals surface area contributed by atoms with Gasteiger partial charge >= 0.3 is 0 Å². The van der Waals surface area contributed by atoms with Crippen molar-refractivity contribution in [3.05, 3.63) is 54.9 Å². The molecule has 0 saturated carbocycles. The fraction of sp³-hybridized carbons (Fsp3) is 0.200. The highest BCUT2D eigenvalue weighted by Gasteiger charge is 2.03. The van der Waals surface area contributed by atoms with E-state index < -0.39 is 0 Å². The normalized spacial score (nSPS) is 10.8. The number of hydrogen-bond acceptors (Lipinski definition) is 3. The lowest BCUT2D eigenvalue weighted by Gasteiger charge is -2.04. The lowest BCUT2D eigenvalue weighted by molar-refractivity contribution is 0.526. The van der Waals surface area contributed by atoms with Crippen molar-refractivity contribution in [1.29, 1.82) is 0 Å². The molecule has 0 aliphatic heterocycles. The lowest BCUT2D eigenvalue weighted by Crippen LogP contribution is -2.08. The van der Waals surface area contributed by atoms with E-state index in [4.69, 9.17) is 5.73 Å². The van der Waals surface area contributed by atoms with Gasteiger partial charge in [-0.15, -0.1) is 0 Å². The zero-order valence-corrected chi connectivity index (χ0v) is 11.4. The number of hydrogen-bond donors (Lipinski definition) is 1. The average Bonchev–Trinajstić information content (AvgIpc) is 3.05. The highest BCUT2D eigenvalue weighted by molar-refractivity contribution is 5.65. The number of nitrogen functional groups attached to an aromatic ring is 1. The summed E-state index contributed by atoms with van der Waals surface area (Å²) in [5.41, 5.74) is 8.75. The number of nitrogens with two attached hydrogens (primary N) is 1. The van der Waals surface area contributed by atoms with Crippen molar-refractivity contribution in [2.75, 3.05) is 5.73 Å².